The molecule has 21 heavy (non-hydrogen) atoms. The Morgan fingerprint density at radius 3 is 2.95 bits per heavy atom. The number of ether oxygens (including phenoxy) is 1. The molecule has 0 amide bonds. The normalized spacial score (nSPS) is 20.2. The Morgan fingerprint density at radius 1 is 1.52 bits per heavy atom. The highest BCUT2D eigenvalue weighted by Gasteiger charge is 2.28. The Bertz CT molecular complexity index is 611. The molecule has 1 aromatic rings. The topological polar surface area (TPSA) is 67.4 Å². The van der Waals surface area contributed by atoms with Crippen LogP contribution in [0, 0.1) is 5.92 Å². The quantitative estimate of drug-likeness (QED) is 0.819. The third-order valence-electron chi connectivity index (χ3n) is 3.20. The summed E-state index contributed by atoms with van der Waals surface area (Å²) in [6.07, 6.45) is 2.48. The zero-order chi connectivity index (χ0) is 15.5. The molecule has 116 valence electrons. The predicted octanol–water partition coefficient (Wildman–Crippen LogP) is 2.37. The van der Waals surface area contributed by atoms with Gasteiger partial charge in [0.2, 0.25) is 10.0 Å². The van der Waals surface area contributed by atoms with E-state index in [1.807, 2.05) is 0 Å². The zero-order valence-electron chi connectivity index (χ0n) is 12.4. The van der Waals surface area contributed by atoms with E-state index in [0.29, 0.717) is 24.8 Å². The largest absolute Gasteiger partial charge is 0.490 e. The molecule has 1 aliphatic heterocycles. The average Bonchev–Trinajstić information content (AvgIpc) is 2.52. The molecule has 6 heteroatoms. The van der Waals surface area contributed by atoms with Gasteiger partial charge in [-0.3, -0.25) is 0 Å². The minimum absolute atomic E-state index is 0.193. The van der Waals surface area contributed by atoms with Crippen LogP contribution < -0.4 is 14.8 Å². The van der Waals surface area contributed by atoms with Crippen molar-refractivity contribution in [3.8, 4) is 5.75 Å². The fraction of sp³-hybridized carbons (Fsp3) is 0.467. The summed E-state index contributed by atoms with van der Waals surface area (Å²) in [5.41, 5.74) is 0.811. The second-order valence-electron chi connectivity index (χ2n) is 5.59. The van der Waals surface area contributed by atoms with E-state index < -0.39 is 10.0 Å². The Kier molecular flexibility index (Phi) is 4.90. The molecule has 0 bridgehead atoms. The van der Waals surface area contributed by atoms with E-state index in [-0.39, 0.29) is 10.9 Å². The lowest BCUT2D eigenvalue weighted by atomic mass is 10.1. The summed E-state index contributed by atoms with van der Waals surface area (Å²) in [6.45, 7) is 8.71. The van der Waals surface area contributed by atoms with E-state index in [9.17, 15) is 8.42 Å². The second-order valence-corrected chi connectivity index (χ2v) is 7.27. The standard InChI is InChI=1S/C15H22N2O3S/c1-4-7-16-12-5-6-15-14(9-12)20-10-13(8-11(2)3)17-21(15,18)19/h4-6,9,11,13,16-17H,1,7-8,10H2,2-3H3/t13-/m1/s1. The summed E-state index contributed by atoms with van der Waals surface area (Å²) < 4.78 is 33.2. The van der Waals surface area contributed by atoms with Gasteiger partial charge in [-0.1, -0.05) is 19.9 Å². The molecule has 0 saturated carbocycles. The average molecular weight is 310 g/mol. The maximum atomic E-state index is 12.4. The van der Waals surface area contributed by atoms with Gasteiger partial charge in [0.05, 0.1) is 6.04 Å². The minimum atomic E-state index is -3.53. The lowest BCUT2D eigenvalue weighted by molar-refractivity contribution is 0.262. The van der Waals surface area contributed by atoms with Gasteiger partial charge in [0.25, 0.3) is 0 Å². The molecule has 0 fully saturated rings. The van der Waals surface area contributed by atoms with Crippen molar-refractivity contribution in [2.45, 2.75) is 31.2 Å². The van der Waals surface area contributed by atoms with Gasteiger partial charge in [0, 0.05) is 18.3 Å². The fourth-order valence-electron chi connectivity index (χ4n) is 2.34. The van der Waals surface area contributed by atoms with E-state index >= 15 is 0 Å². The van der Waals surface area contributed by atoms with Crippen molar-refractivity contribution in [2.75, 3.05) is 18.5 Å². The number of hydrogen-bond acceptors (Lipinski definition) is 4. The van der Waals surface area contributed by atoms with E-state index in [1.54, 1.807) is 24.3 Å². The van der Waals surface area contributed by atoms with Crippen LogP contribution in [-0.2, 0) is 10.0 Å². The van der Waals surface area contributed by atoms with Crippen molar-refractivity contribution in [1.82, 2.24) is 4.72 Å². The Morgan fingerprint density at radius 2 is 2.29 bits per heavy atom. The maximum absolute atomic E-state index is 12.4. The summed E-state index contributed by atoms with van der Waals surface area (Å²) in [4.78, 5) is 0.193. The van der Waals surface area contributed by atoms with Crippen LogP contribution in [0.2, 0.25) is 0 Å². The number of benzene rings is 1. The van der Waals surface area contributed by atoms with Gasteiger partial charge >= 0.3 is 0 Å². The number of sulfonamides is 1. The molecule has 1 aromatic carbocycles. The third-order valence-corrected chi connectivity index (χ3v) is 4.76. The van der Waals surface area contributed by atoms with Crippen molar-refractivity contribution in [3.05, 3.63) is 30.9 Å². The molecule has 0 radical (unpaired) electrons. The molecule has 0 aliphatic carbocycles. The smallest absolute Gasteiger partial charge is 0.244 e. The van der Waals surface area contributed by atoms with Crippen LogP contribution in [0.4, 0.5) is 5.69 Å². The zero-order valence-corrected chi connectivity index (χ0v) is 13.2. The molecule has 1 aliphatic rings. The molecule has 1 heterocycles. The molecular formula is C15H22N2O3S. The molecule has 0 saturated heterocycles. The maximum Gasteiger partial charge on any atom is 0.244 e. The Balaban J connectivity index is 2.27. The molecular weight excluding hydrogens is 288 g/mol. The van der Waals surface area contributed by atoms with Crippen molar-refractivity contribution in [2.24, 2.45) is 5.92 Å². The van der Waals surface area contributed by atoms with Crippen molar-refractivity contribution in [3.63, 3.8) is 0 Å². The molecule has 0 aromatic heterocycles. The van der Waals surface area contributed by atoms with Gasteiger partial charge in [0.1, 0.15) is 17.3 Å². The lowest BCUT2D eigenvalue weighted by Gasteiger charge is -2.16. The highest BCUT2D eigenvalue weighted by atomic mass is 32.2. The van der Waals surface area contributed by atoms with E-state index in [0.717, 1.165) is 12.1 Å². The first kappa shape index (κ1) is 15.9. The number of hydrogen-bond donors (Lipinski definition) is 2. The molecule has 2 rings (SSSR count). The number of nitrogens with one attached hydrogen (secondary N) is 2. The van der Waals surface area contributed by atoms with Crippen LogP contribution in [0.15, 0.2) is 35.7 Å². The van der Waals surface area contributed by atoms with Gasteiger partial charge in [-0.25, -0.2) is 13.1 Å². The highest BCUT2D eigenvalue weighted by Crippen LogP contribution is 2.30. The monoisotopic (exact) mass is 310 g/mol. The molecule has 0 unspecified atom stereocenters. The van der Waals surface area contributed by atoms with Crippen LogP contribution in [0.25, 0.3) is 0 Å². The van der Waals surface area contributed by atoms with E-state index in [4.69, 9.17) is 4.74 Å². The first-order valence-corrected chi connectivity index (χ1v) is 8.54. The fourth-order valence-corrected chi connectivity index (χ4v) is 3.70. The van der Waals surface area contributed by atoms with Gasteiger partial charge in [-0.05, 0) is 24.5 Å². The lowest BCUT2D eigenvalue weighted by Crippen LogP contribution is -2.37. The summed E-state index contributed by atoms with van der Waals surface area (Å²) in [7, 11) is -3.53. The predicted molar refractivity (Wildman–Crippen MR) is 84.2 cm³/mol. The van der Waals surface area contributed by atoms with E-state index in [1.165, 1.54) is 0 Å². The summed E-state index contributed by atoms with van der Waals surface area (Å²) in [6, 6.07) is 4.82. The van der Waals surface area contributed by atoms with Crippen LogP contribution in [0.5, 0.6) is 5.75 Å². The summed E-state index contributed by atoms with van der Waals surface area (Å²) in [5.74, 6) is 0.787. The first-order valence-electron chi connectivity index (χ1n) is 7.06. The van der Waals surface area contributed by atoms with Crippen LogP contribution in [0.3, 0.4) is 0 Å². The first-order chi connectivity index (χ1) is 9.92. The third kappa shape index (κ3) is 3.98. The molecule has 0 spiro atoms. The number of anilines is 1. The molecule has 2 N–H and O–H groups in total. The van der Waals surface area contributed by atoms with Crippen molar-refractivity contribution in [1.29, 1.82) is 0 Å². The van der Waals surface area contributed by atoms with Crippen molar-refractivity contribution < 1.29 is 13.2 Å². The summed E-state index contributed by atoms with van der Waals surface area (Å²) >= 11 is 0. The molecule has 5 nitrogen and oxygen atoms in total. The SMILES string of the molecule is C=CCNc1ccc2c(c1)OC[C@@H](CC(C)C)NS2(=O)=O. The van der Waals surface area contributed by atoms with Crippen LogP contribution >= 0.6 is 0 Å². The van der Waals surface area contributed by atoms with Gasteiger partial charge in [-0.15, -0.1) is 6.58 Å². The Labute approximate surface area is 126 Å². The molecule has 1 atom stereocenters. The van der Waals surface area contributed by atoms with Gasteiger partial charge < -0.3 is 10.1 Å². The second kappa shape index (κ2) is 6.49. The number of rotatable bonds is 5. The Hall–Kier alpha value is -1.53. The highest BCUT2D eigenvalue weighted by molar-refractivity contribution is 7.89. The van der Waals surface area contributed by atoms with Crippen LogP contribution in [-0.4, -0.2) is 27.6 Å². The minimum Gasteiger partial charge on any atom is -0.490 e. The number of fused-ring (bicyclic) bond motifs is 1. The van der Waals surface area contributed by atoms with Crippen molar-refractivity contribution >= 4 is 15.7 Å². The van der Waals surface area contributed by atoms with Gasteiger partial charge in [-0.2, -0.15) is 0 Å². The van der Waals surface area contributed by atoms with Gasteiger partial charge in [0.15, 0.2) is 0 Å². The van der Waals surface area contributed by atoms with E-state index in [2.05, 4.69) is 30.5 Å². The van der Waals surface area contributed by atoms with Crippen LogP contribution in [0.1, 0.15) is 20.3 Å². The summed E-state index contributed by atoms with van der Waals surface area (Å²) in [5, 5.41) is 3.12.